The second kappa shape index (κ2) is 4.64. The van der Waals surface area contributed by atoms with Crippen LogP contribution < -0.4 is 0 Å². The molecule has 1 aromatic rings. The molecule has 18 heavy (non-hydrogen) atoms. The van der Waals surface area contributed by atoms with Crippen molar-refractivity contribution in [3.63, 3.8) is 0 Å². The number of aliphatic hydroxyl groups excluding tert-OH is 1. The molecule has 100 valence electrons. The number of ether oxygens (including phenoxy) is 1. The van der Waals surface area contributed by atoms with Gasteiger partial charge >= 0.3 is 0 Å². The summed E-state index contributed by atoms with van der Waals surface area (Å²) >= 11 is 0. The Hall–Kier alpha value is -0.910. The largest absolute Gasteiger partial charge is 0.393 e. The Labute approximate surface area is 108 Å². The van der Waals surface area contributed by atoms with Crippen molar-refractivity contribution in [2.24, 2.45) is 0 Å². The van der Waals surface area contributed by atoms with Gasteiger partial charge in [0.25, 0.3) is 0 Å². The molecule has 0 bridgehead atoms. The van der Waals surface area contributed by atoms with Gasteiger partial charge in [-0.2, -0.15) is 0 Å². The Morgan fingerprint density at radius 1 is 1.33 bits per heavy atom. The van der Waals surface area contributed by atoms with Crippen LogP contribution in [0.15, 0.2) is 29.2 Å². The average Bonchev–Trinajstić information content (AvgIpc) is 2.28. The van der Waals surface area contributed by atoms with Crippen LogP contribution >= 0.6 is 0 Å². The molecule has 2 rings (SSSR count). The highest BCUT2D eigenvalue weighted by Gasteiger charge is 2.34. The smallest absolute Gasteiger partial charge is 0.175 e. The van der Waals surface area contributed by atoms with Gasteiger partial charge in [0.05, 0.1) is 23.2 Å². The van der Waals surface area contributed by atoms with Crippen molar-refractivity contribution in [3.05, 3.63) is 29.8 Å². The Morgan fingerprint density at radius 2 is 1.94 bits per heavy atom. The van der Waals surface area contributed by atoms with Crippen molar-refractivity contribution in [1.29, 1.82) is 0 Å². The molecule has 5 heteroatoms. The van der Waals surface area contributed by atoms with Gasteiger partial charge in [-0.05, 0) is 31.0 Å². The van der Waals surface area contributed by atoms with Crippen LogP contribution in [-0.4, -0.2) is 32.5 Å². The van der Waals surface area contributed by atoms with E-state index in [0.717, 1.165) is 5.56 Å². The van der Waals surface area contributed by atoms with Crippen LogP contribution in [0, 0.1) is 0 Å². The molecule has 2 atom stereocenters. The Kier molecular flexibility index (Phi) is 3.49. The maximum absolute atomic E-state index is 11.4. The second-order valence-electron chi connectivity index (χ2n) is 5.02. The molecule has 1 aromatic carbocycles. The molecule has 0 saturated carbocycles. The van der Waals surface area contributed by atoms with Crippen molar-refractivity contribution in [3.8, 4) is 0 Å². The van der Waals surface area contributed by atoms with Gasteiger partial charge in [-0.25, -0.2) is 8.42 Å². The summed E-state index contributed by atoms with van der Waals surface area (Å²) in [6, 6.07) is 6.68. The normalized spacial score (nSPS) is 29.2. The lowest BCUT2D eigenvalue weighted by molar-refractivity contribution is -0.112. The molecule has 1 aliphatic heterocycles. The van der Waals surface area contributed by atoms with Gasteiger partial charge in [0.2, 0.25) is 0 Å². The van der Waals surface area contributed by atoms with Crippen molar-refractivity contribution < 1.29 is 18.3 Å². The van der Waals surface area contributed by atoms with E-state index in [1.165, 1.54) is 6.26 Å². The van der Waals surface area contributed by atoms with E-state index in [1.54, 1.807) is 24.3 Å². The third-order valence-corrected chi connectivity index (χ3v) is 4.52. The minimum Gasteiger partial charge on any atom is -0.393 e. The minimum absolute atomic E-state index is 0.297. The monoisotopic (exact) mass is 270 g/mol. The first-order valence-corrected chi connectivity index (χ1v) is 7.83. The molecule has 0 radical (unpaired) electrons. The fraction of sp³-hybridized carbons (Fsp3) is 0.538. The van der Waals surface area contributed by atoms with Crippen molar-refractivity contribution in [2.45, 2.75) is 36.4 Å². The topological polar surface area (TPSA) is 63.6 Å². The molecule has 1 heterocycles. The molecule has 4 nitrogen and oxygen atoms in total. The Bertz CT molecular complexity index is 520. The van der Waals surface area contributed by atoms with E-state index in [2.05, 4.69) is 0 Å². The van der Waals surface area contributed by atoms with Gasteiger partial charge in [-0.1, -0.05) is 12.1 Å². The summed E-state index contributed by atoms with van der Waals surface area (Å²) in [5.41, 5.74) is 0.363. The van der Waals surface area contributed by atoms with Gasteiger partial charge < -0.3 is 9.84 Å². The first-order chi connectivity index (χ1) is 8.31. The van der Waals surface area contributed by atoms with E-state index in [4.69, 9.17) is 4.74 Å². The van der Waals surface area contributed by atoms with Crippen LogP contribution in [0.3, 0.4) is 0 Å². The summed E-state index contributed by atoms with van der Waals surface area (Å²) in [6.45, 7) is 2.44. The molecule has 0 spiro atoms. The second-order valence-corrected chi connectivity index (χ2v) is 7.04. The van der Waals surface area contributed by atoms with E-state index in [1.807, 2.05) is 6.92 Å². The van der Waals surface area contributed by atoms with Crippen LogP contribution in [0.2, 0.25) is 0 Å². The number of rotatable bonds is 2. The maximum atomic E-state index is 11.4. The molecule has 1 saturated heterocycles. The highest BCUT2D eigenvalue weighted by Crippen LogP contribution is 2.35. The zero-order valence-electron chi connectivity index (χ0n) is 10.6. The van der Waals surface area contributed by atoms with Gasteiger partial charge in [0.15, 0.2) is 9.84 Å². The van der Waals surface area contributed by atoms with E-state index in [-0.39, 0.29) is 6.10 Å². The van der Waals surface area contributed by atoms with Gasteiger partial charge in [0.1, 0.15) is 0 Å². The lowest BCUT2D eigenvalue weighted by atomic mass is 9.87. The first-order valence-electron chi connectivity index (χ1n) is 5.94. The predicted octanol–water partition coefficient (Wildman–Crippen LogP) is 1.48. The lowest BCUT2D eigenvalue weighted by Crippen LogP contribution is -2.37. The Morgan fingerprint density at radius 3 is 2.44 bits per heavy atom. The van der Waals surface area contributed by atoms with Crippen LogP contribution in [0.25, 0.3) is 0 Å². The van der Waals surface area contributed by atoms with Crippen LogP contribution in [-0.2, 0) is 20.2 Å². The molecule has 0 amide bonds. The SMILES string of the molecule is CC1(c2ccc(S(C)(=O)=O)cc2)CC(O)CCO1. The molecule has 0 aliphatic carbocycles. The maximum Gasteiger partial charge on any atom is 0.175 e. The number of hydrogen-bond acceptors (Lipinski definition) is 4. The number of hydrogen-bond donors (Lipinski definition) is 1. The third-order valence-electron chi connectivity index (χ3n) is 3.39. The highest BCUT2D eigenvalue weighted by atomic mass is 32.2. The fourth-order valence-electron chi connectivity index (χ4n) is 2.29. The minimum atomic E-state index is -3.17. The quantitative estimate of drug-likeness (QED) is 0.884. The number of sulfone groups is 1. The zero-order valence-corrected chi connectivity index (χ0v) is 11.4. The highest BCUT2D eigenvalue weighted by molar-refractivity contribution is 7.90. The van der Waals surface area contributed by atoms with E-state index >= 15 is 0 Å². The summed E-state index contributed by atoms with van der Waals surface area (Å²) in [6.07, 6.45) is 2.01. The predicted molar refractivity (Wildman–Crippen MR) is 68.1 cm³/mol. The Balaban J connectivity index is 2.29. The summed E-state index contributed by atoms with van der Waals surface area (Å²) in [5, 5.41) is 9.71. The molecular formula is C13H18O4S. The summed E-state index contributed by atoms with van der Waals surface area (Å²) in [5.74, 6) is 0. The average molecular weight is 270 g/mol. The molecular weight excluding hydrogens is 252 g/mol. The summed E-state index contributed by atoms with van der Waals surface area (Å²) in [4.78, 5) is 0.297. The number of benzene rings is 1. The number of aliphatic hydroxyl groups is 1. The molecule has 1 fully saturated rings. The van der Waals surface area contributed by atoms with Crippen LogP contribution in [0.1, 0.15) is 25.3 Å². The summed E-state index contributed by atoms with van der Waals surface area (Å²) < 4.78 is 28.5. The van der Waals surface area contributed by atoms with Gasteiger partial charge in [-0.15, -0.1) is 0 Å². The molecule has 0 aromatic heterocycles. The zero-order chi connectivity index (χ0) is 13.4. The third kappa shape index (κ3) is 2.74. The van der Waals surface area contributed by atoms with Crippen LogP contribution in [0.4, 0.5) is 0 Å². The van der Waals surface area contributed by atoms with Crippen molar-refractivity contribution in [2.75, 3.05) is 12.9 Å². The van der Waals surface area contributed by atoms with Crippen molar-refractivity contribution >= 4 is 9.84 Å². The lowest BCUT2D eigenvalue weighted by Gasteiger charge is -2.36. The van der Waals surface area contributed by atoms with E-state index < -0.39 is 15.4 Å². The molecule has 1 aliphatic rings. The van der Waals surface area contributed by atoms with Gasteiger partial charge in [0, 0.05) is 12.7 Å². The first kappa shape index (κ1) is 13.5. The standard InChI is InChI=1S/C13H18O4S/c1-13(9-11(14)7-8-17-13)10-3-5-12(6-4-10)18(2,15)16/h3-6,11,14H,7-9H2,1-2H3. The summed E-state index contributed by atoms with van der Waals surface area (Å²) in [7, 11) is -3.17. The van der Waals surface area contributed by atoms with Crippen LogP contribution in [0.5, 0.6) is 0 Å². The van der Waals surface area contributed by atoms with Gasteiger partial charge in [-0.3, -0.25) is 0 Å². The van der Waals surface area contributed by atoms with Crippen molar-refractivity contribution in [1.82, 2.24) is 0 Å². The van der Waals surface area contributed by atoms with E-state index in [9.17, 15) is 13.5 Å². The molecule has 1 N–H and O–H groups in total. The fourth-order valence-corrected chi connectivity index (χ4v) is 2.92. The molecule has 2 unspecified atom stereocenters. The van der Waals surface area contributed by atoms with E-state index in [0.29, 0.717) is 24.3 Å².